The summed E-state index contributed by atoms with van der Waals surface area (Å²) >= 11 is 3.74. The number of aryl methyl sites for hydroxylation is 1. The van der Waals surface area contributed by atoms with Gasteiger partial charge in [-0.05, 0) is 41.6 Å². The van der Waals surface area contributed by atoms with Crippen molar-refractivity contribution < 1.29 is 0 Å². The van der Waals surface area contributed by atoms with Crippen LogP contribution in [0.2, 0.25) is 0 Å². The van der Waals surface area contributed by atoms with E-state index in [1.165, 1.54) is 30.4 Å². The van der Waals surface area contributed by atoms with E-state index in [2.05, 4.69) is 57.1 Å². The molecule has 2 heterocycles. The van der Waals surface area contributed by atoms with Crippen molar-refractivity contribution in [1.29, 1.82) is 0 Å². The summed E-state index contributed by atoms with van der Waals surface area (Å²) in [5.74, 6) is 1.91. The molecule has 20 heavy (non-hydrogen) atoms. The third-order valence-electron chi connectivity index (χ3n) is 4.64. The van der Waals surface area contributed by atoms with E-state index in [0.29, 0.717) is 6.04 Å². The van der Waals surface area contributed by atoms with Gasteiger partial charge in [-0.25, -0.2) is 4.68 Å². The first-order valence-corrected chi connectivity index (χ1v) is 8.12. The second kappa shape index (κ2) is 4.62. The topological polar surface area (TPSA) is 29.9 Å². The summed E-state index contributed by atoms with van der Waals surface area (Å²) < 4.78 is 3.33. The normalized spacial score (nSPS) is 24.1. The maximum Gasteiger partial charge on any atom is 0.139 e. The monoisotopic (exact) mass is 331 g/mol. The molecule has 4 heteroatoms. The van der Waals surface area contributed by atoms with Gasteiger partial charge in [-0.3, -0.25) is 0 Å². The van der Waals surface area contributed by atoms with Crippen LogP contribution in [0.25, 0.3) is 11.3 Å². The van der Waals surface area contributed by atoms with Gasteiger partial charge in [-0.1, -0.05) is 36.2 Å². The molecule has 1 aromatic heterocycles. The zero-order valence-corrected chi connectivity index (χ0v) is 13.2. The fourth-order valence-electron chi connectivity index (χ4n) is 3.51. The summed E-state index contributed by atoms with van der Waals surface area (Å²) in [6, 6.07) is 9.18. The Hall–Kier alpha value is -1.29. The molecule has 1 N–H and O–H groups in total. The molecule has 0 radical (unpaired) electrons. The molecule has 1 fully saturated rings. The summed E-state index contributed by atoms with van der Waals surface area (Å²) in [6.45, 7) is 3.20. The molecule has 2 atom stereocenters. The molecule has 1 aliphatic carbocycles. The highest BCUT2D eigenvalue weighted by Gasteiger charge is 2.36. The first kappa shape index (κ1) is 12.5. The van der Waals surface area contributed by atoms with Crippen LogP contribution in [0.4, 0.5) is 5.82 Å². The molecule has 1 saturated carbocycles. The Balaban J connectivity index is 1.81. The van der Waals surface area contributed by atoms with E-state index in [9.17, 15) is 0 Å². The lowest BCUT2D eigenvalue weighted by molar-refractivity contribution is 0.348. The fraction of sp³-hybridized carbons (Fsp3) is 0.438. The number of hydrogen-bond donors (Lipinski definition) is 1. The molecule has 3 nitrogen and oxygen atoms in total. The Bertz CT molecular complexity index is 644. The maximum absolute atomic E-state index is 4.90. The standard InChI is InChI=1S/C16H18BrN3/c1-10-5-7-11(8-6-10)15-14(17)16-18-9-12-3-2-4-13(12)20(16)19-15/h5-8,12-13,18H,2-4,9H2,1H3. The minimum absolute atomic E-state index is 0.585. The molecule has 104 valence electrons. The highest BCUT2D eigenvalue weighted by Crippen LogP contribution is 2.45. The van der Waals surface area contributed by atoms with E-state index in [-0.39, 0.29) is 0 Å². The van der Waals surface area contributed by atoms with E-state index in [0.717, 1.165) is 28.4 Å². The second-order valence-electron chi connectivity index (χ2n) is 5.96. The summed E-state index contributed by atoms with van der Waals surface area (Å²) in [6.07, 6.45) is 3.92. The van der Waals surface area contributed by atoms with Gasteiger partial charge in [-0.2, -0.15) is 5.10 Å². The molecule has 0 spiro atoms. The largest absolute Gasteiger partial charge is 0.369 e. The number of benzene rings is 1. The number of fused-ring (bicyclic) bond motifs is 3. The van der Waals surface area contributed by atoms with Crippen molar-refractivity contribution in [3.8, 4) is 11.3 Å². The lowest BCUT2D eigenvalue weighted by atomic mass is 10.0. The molecule has 4 rings (SSSR count). The van der Waals surface area contributed by atoms with Gasteiger partial charge in [0, 0.05) is 12.1 Å². The molecule has 1 aromatic carbocycles. The number of nitrogens with zero attached hydrogens (tertiary/aromatic N) is 2. The molecule has 2 unspecified atom stereocenters. The van der Waals surface area contributed by atoms with Crippen LogP contribution in [-0.4, -0.2) is 16.3 Å². The molecule has 0 amide bonds. The number of rotatable bonds is 1. The summed E-state index contributed by atoms with van der Waals surface area (Å²) in [7, 11) is 0. The fourth-order valence-corrected chi connectivity index (χ4v) is 4.14. The quantitative estimate of drug-likeness (QED) is 0.839. The van der Waals surface area contributed by atoms with Crippen molar-refractivity contribution in [2.24, 2.45) is 5.92 Å². The first-order valence-electron chi connectivity index (χ1n) is 7.33. The number of nitrogens with one attached hydrogen (secondary N) is 1. The Morgan fingerprint density at radius 1 is 1.25 bits per heavy atom. The van der Waals surface area contributed by atoms with Gasteiger partial charge < -0.3 is 5.32 Å². The van der Waals surface area contributed by atoms with Crippen molar-refractivity contribution in [2.75, 3.05) is 11.9 Å². The van der Waals surface area contributed by atoms with E-state index in [1.54, 1.807) is 0 Å². The van der Waals surface area contributed by atoms with E-state index in [1.807, 2.05) is 0 Å². The SMILES string of the molecule is Cc1ccc(-c2nn3c(c2Br)NCC2CCCC23)cc1. The van der Waals surface area contributed by atoms with Crippen LogP contribution in [0.15, 0.2) is 28.7 Å². The molecular weight excluding hydrogens is 314 g/mol. The van der Waals surface area contributed by atoms with Crippen molar-refractivity contribution in [1.82, 2.24) is 9.78 Å². The van der Waals surface area contributed by atoms with Gasteiger partial charge >= 0.3 is 0 Å². The highest BCUT2D eigenvalue weighted by atomic mass is 79.9. The molecule has 0 saturated heterocycles. The Labute approximate surface area is 127 Å². The smallest absolute Gasteiger partial charge is 0.139 e. The first-order chi connectivity index (χ1) is 9.74. The zero-order valence-electron chi connectivity index (χ0n) is 11.6. The van der Waals surface area contributed by atoms with Crippen molar-refractivity contribution in [3.05, 3.63) is 34.3 Å². The number of hydrogen-bond acceptors (Lipinski definition) is 2. The number of aromatic nitrogens is 2. The predicted octanol–water partition coefficient (Wildman–Crippen LogP) is 4.39. The van der Waals surface area contributed by atoms with Gasteiger partial charge in [0.15, 0.2) is 0 Å². The second-order valence-corrected chi connectivity index (χ2v) is 6.75. The number of anilines is 1. The van der Waals surface area contributed by atoms with Gasteiger partial charge in [0.2, 0.25) is 0 Å². The van der Waals surface area contributed by atoms with E-state index < -0.39 is 0 Å². The molecule has 0 bridgehead atoms. The minimum atomic E-state index is 0.585. The Kier molecular flexibility index (Phi) is 2.88. The van der Waals surface area contributed by atoms with Gasteiger partial charge in [0.05, 0.1) is 10.5 Å². The molecule has 1 aliphatic heterocycles. The zero-order chi connectivity index (χ0) is 13.7. The molecular formula is C16H18BrN3. The molecule has 2 aliphatic rings. The van der Waals surface area contributed by atoms with Crippen LogP contribution in [0.3, 0.4) is 0 Å². The van der Waals surface area contributed by atoms with Crippen LogP contribution in [-0.2, 0) is 0 Å². The lowest BCUT2D eigenvalue weighted by Gasteiger charge is -2.28. The number of halogens is 1. The van der Waals surface area contributed by atoms with Crippen LogP contribution < -0.4 is 5.32 Å². The van der Waals surface area contributed by atoms with Gasteiger partial charge in [0.25, 0.3) is 0 Å². The maximum atomic E-state index is 4.90. The van der Waals surface area contributed by atoms with Gasteiger partial charge in [-0.15, -0.1) is 0 Å². The van der Waals surface area contributed by atoms with Crippen LogP contribution in [0, 0.1) is 12.8 Å². The lowest BCUT2D eigenvalue weighted by Crippen LogP contribution is -2.29. The van der Waals surface area contributed by atoms with Crippen LogP contribution in [0.1, 0.15) is 30.9 Å². The summed E-state index contributed by atoms with van der Waals surface area (Å²) in [5.41, 5.74) is 3.52. The summed E-state index contributed by atoms with van der Waals surface area (Å²) in [4.78, 5) is 0. The average Bonchev–Trinajstić information content (AvgIpc) is 3.04. The third kappa shape index (κ3) is 1.81. The van der Waals surface area contributed by atoms with Crippen LogP contribution in [0.5, 0.6) is 0 Å². The van der Waals surface area contributed by atoms with Crippen LogP contribution >= 0.6 is 15.9 Å². The van der Waals surface area contributed by atoms with Gasteiger partial charge in [0.1, 0.15) is 11.5 Å². The van der Waals surface area contributed by atoms with Crippen molar-refractivity contribution >= 4 is 21.7 Å². The predicted molar refractivity (Wildman–Crippen MR) is 85.0 cm³/mol. The third-order valence-corrected chi connectivity index (χ3v) is 5.39. The highest BCUT2D eigenvalue weighted by molar-refractivity contribution is 9.10. The Morgan fingerprint density at radius 3 is 2.85 bits per heavy atom. The minimum Gasteiger partial charge on any atom is -0.369 e. The van der Waals surface area contributed by atoms with E-state index in [4.69, 9.17) is 5.10 Å². The van der Waals surface area contributed by atoms with Crippen molar-refractivity contribution in [2.45, 2.75) is 32.2 Å². The van der Waals surface area contributed by atoms with E-state index >= 15 is 0 Å². The molecule has 2 aromatic rings. The average molecular weight is 332 g/mol. The Morgan fingerprint density at radius 2 is 2.05 bits per heavy atom. The van der Waals surface area contributed by atoms with Crippen molar-refractivity contribution in [3.63, 3.8) is 0 Å². The summed E-state index contributed by atoms with van der Waals surface area (Å²) in [5, 5.41) is 8.46.